The van der Waals surface area contributed by atoms with E-state index in [1.165, 1.54) is 0 Å². The average molecular weight is 343 g/mol. The molecule has 2 aliphatic rings. The number of amides is 1. The molecule has 6 heteroatoms. The van der Waals surface area contributed by atoms with E-state index in [-0.39, 0.29) is 11.5 Å². The minimum atomic E-state index is -0.239. The third-order valence-corrected chi connectivity index (χ3v) is 6.02. The highest BCUT2D eigenvalue weighted by molar-refractivity contribution is 7.09. The fraction of sp³-hybridized carbons (Fsp3) is 0.500. The molecular weight excluding hydrogens is 322 g/mol. The van der Waals surface area contributed by atoms with Gasteiger partial charge >= 0.3 is 0 Å². The molecule has 1 N–H and O–H groups in total. The molecule has 1 saturated heterocycles. The number of nitrogens with zero attached hydrogens (tertiary/aromatic N) is 2. The van der Waals surface area contributed by atoms with Crippen LogP contribution in [-0.4, -0.2) is 33.9 Å². The van der Waals surface area contributed by atoms with Gasteiger partial charge in [0.05, 0.1) is 5.01 Å². The Bertz CT molecular complexity index is 797. The summed E-state index contributed by atoms with van der Waals surface area (Å²) in [5.41, 5.74) is 2.22. The third kappa shape index (κ3) is 2.90. The standard InChI is InChI=1S/C18H21N3O2S/c22-16-14(10-12-4-1-2-6-15(12)20-16)18(23)21-8-3-5-13(11-21)17-19-7-9-24-17/h7,9-10,13H,1-6,8,11H2,(H,20,22). The first-order chi connectivity index (χ1) is 11.7. The molecule has 0 bridgehead atoms. The van der Waals surface area contributed by atoms with Crippen molar-refractivity contribution in [3.63, 3.8) is 0 Å². The van der Waals surface area contributed by atoms with Crippen LogP contribution in [0.15, 0.2) is 22.4 Å². The summed E-state index contributed by atoms with van der Waals surface area (Å²) in [5.74, 6) is 0.158. The van der Waals surface area contributed by atoms with E-state index in [1.807, 2.05) is 22.5 Å². The normalized spacial score (nSPS) is 20.7. The Balaban J connectivity index is 1.58. The molecule has 4 rings (SSSR count). The zero-order valence-corrected chi connectivity index (χ0v) is 14.4. The minimum absolute atomic E-state index is 0.133. The minimum Gasteiger partial charge on any atom is -0.338 e. The molecule has 24 heavy (non-hydrogen) atoms. The lowest BCUT2D eigenvalue weighted by atomic mass is 9.94. The molecule has 3 heterocycles. The van der Waals surface area contributed by atoms with Crippen molar-refractivity contribution < 1.29 is 4.79 Å². The fourth-order valence-electron chi connectivity index (χ4n) is 3.80. The van der Waals surface area contributed by atoms with Gasteiger partial charge in [0, 0.05) is 36.3 Å². The number of hydrogen-bond acceptors (Lipinski definition) is 4. The number of aromatic nitrogens is 2. The van der Waals surface area contributed by atoms with E-state index >= 15 is 0 Å². The highest BCUT2D eigenvalue weighted by atomic mass is 32.1. The van der Waals surface area contributed by atoms with Gasteiger partial charge in [0.25, 0.3) is 11.5 Å². The van der Waals surface area contributed by atoms with E-state index in [2.05, 4.69) is 9.97 Å². The van der Waals surface area contributed by atoms with Gasteiger partial charge in [0.15, 0.2) is 0 Å². The Kier molecular flexibility index (Phi) is 4.22. The number of carbonyl (C=O) groups excluding carboxylic acids is 1. The lowest BCUT2D eigenvalue weighted by Gasteiger charge is -2.32. The largest absolute Gasteiger partial charge is 0.338 e. The summed E-state index contributed by atoms with van der Waals surface area (Å²) in [5, 5.41) is 3.07. The lowest BCUT2D eigenvalue weighted by Crippen LogP contribution is -2.41. The van der Waals surface area contributed by atoms with Crippen molar-refractivity contribution in [2.24, 2.45) is 0 Å². The van der Waals surface area contributed by atoms with Gasteiger partial charge in [-0.15, -0.1) is 11.3 Å². The van der Waals surface area contributed by atoms with Crippen molar-refractivity contribution in [2.75, 3.05) is 13.1 Å². The zero-order chi connectivity index (χ0) is 16.5. The van der Waals surface area contributed by atoms with Gasteiger partial charge in [-0.2, -0.15) is 0 Å². The van der Waals surface area contributed by atoms with Gasteiger partial charge in [-0.25, -0.2) is 4.98 Å². The number of rotatable bonds is 2. The molecule has 126 valence electrons. The van der Waals surface area contributed by atoms with Crippen LogP contribution in [0.5, 0.6) is 0 Å². The topological polar surface area (TPSA) is 66.1 Å². The number of piperidine rings is 1. The molecule has 0 spiro atoms. The molecule has 1 fully saturated rings. The molecular formula is C18H21N3O2S. The van der Waals surface area contributed by atoms with E-state index in [9.17, 15) is 9.59 Å². The third-order valence-electron chi connectivity index (χ3n) is 5.08. The zero-order valence-electron chi connectivity index (χ0n) is 13.6. The van der Waals surface area contributed by atoms with E-state index < -0.39 is 0 Å². The van der Waals surface area contributed by atoms with Crippen LogP contribution in [0.25, 0.3) is 0 Å². The summed E-state index contributed by atoms with van der Waals surface area (Å²) in [4.78, 5) is 34.4. The lowest BCUT2D eigenvalue weighted by molar-refractivity contribution is 0.0705. The second-order valence-corrected chi connectivity index (χ2v) is 7.61. The Morgan fingerprint density at radius 2 is 2.17 bits per heavy atom. The number of hydrogen-bond donors (Lipinski definition) is 1. The van der Waals surface area contributed by atoms with E-state index in [0.717, 1.165) is 61.3 Å². The van der Waals surface area contributed by atoms with Gasteiger partial charge in [-0.1, -0.05) is 0 Å². The summed E-state index contributed by atoms with van der Waals surface area (Å²) >= 11 is 1.64. The Labute approximate surface area is 144 Å². The summed E-state index contributed by atoms with van der Waals surface area (Å²) in [7, 11) is 0. The molecule has 1 amide bonds. The van der Waals surface area contributed by atoms with Crippen LogP contribution in [0.4, 0.5) is 0 Å². The maximum absolute atomic E-state index is 12.9. The smallest absolute Gasteiger partial charge is 0.261 e. The number of fused-ring (bicyclic) bond motifs is 1. The van der Waals surface area contributed by atoms with Gasteiger partial charge in [-0.05, 0) is 50.2 Å². The van der Waals surface area contributed by atoms with E-state index in [4.69, 9.17) is 0 Å². The quantitative estimate of drug-likeness (QED) is 0.912. The van der Waals surface area contributed by atoms with Crippen molar-refractivity contribution in [1.82, 2.24) is 14.9 Å². The molecule has 0 radical (unpaired) electrons. The van der Waals surface area contributed by atoms with Crippen molar-refractivity contribution in [1.29, 1.82) is 0 Å². The first kappa shape index (κ1) is 15.6. The molecule has 1 unspecified atom stereocenters. The second kappa shape index (κ2) is 6.51. The Hall–Kier alpha value is -1.95. The molecule has 1 aliphatic heterocycles. The van der Waals surface area contributed by atoms with Crippen LogP contribution in [0.1, 0.15) is 58.2 Å². The second-order valence-electron chi connectivity index (χ2n) is 6.68. The predicted molar refractivity (Wildman–Crippen MR) is 93.7 cm³/mol. The summed E-state index contributed by atoms with van der Waals surface area (Å²) < 4.78 is 0. The van der Waals surface area contributed by atoms with Crippen LogP contribution in [0, 0.1) is 0 Å². The van der Waals surface area contributed by atoms with Crippen LogP contribution in [0.2, 0.25) is 0 Å². The maximum Gasteiger partial charge on any atom is 0.261 e. The predicted octanol–water partition coefficient (Wildman–Crippen LogP) is 2.73. The van der Waals surface area contributed by atoms with Crippen LogP contribution in [-0.2, 0) is 12.8 Å². The van der Waals surface area contributed by atoms with Gasteiger partial charge in [0.2, 0.25) is 0 Å². The van der Waals surface area contributed by atoms with Crippen LogP contribution >= 0.6 is 11.3 Å². The number of aromatic amines is 1. The van der Waals surface area contributed by atoms with Crippen molar-refractivity contribution in [2.45, 2.75) is 44.4 Å². The van der Waals surface area contributed by atoms with E-state index in [1.54, 1.807) is 11.3 Å². The number of aryl methyl sites for hydroxylation is 2. The van der Waals surface area contributed by atoms with Crippen LogP contribution in [0.3, 0.4) is 0 Å². The number of H-pyrrole nitrogens is 1. The maximum atomic E-state index is 12.9. The number of nitrogens with one attached hydrogen (secondary N) is 1. The van der Waals surface area contributed by atoms with Gasteiger partial charge in [-0.3, -0.25) is 9.59 Å². The SMILES string of the molecule is O=C(c1cc2c([nH]c1=O)CCCC2)N1CCCC(c2nccs2)C1. The van der Waals surface area contributed by atoms with Crippen molar-refractivity contribution >= 4 is 17.2 Å². The Morgan fingerprint density at radius 1 is 1.29 bits per heavy atom. The van der Waals surface area contributed by atoms with Crippen molar-refractivity contribution in [3.8, 4) is 0 Å². The number of likely N-dealkylation sites (tertiary alicyclic amines) is 1. The first-order valence-electron chi connectivity index (χ1n) is 8.66. The van der Waals surface area contributed by atoms with E-state index in [0.29, 0.717) is 18.0 Å². The molecule has 2 aromatic heterocycles. The molecule has 2 aromatic rings. The summed E-state index contributed by atoms with van der Waals surface area (Å²) in [6.45, 7) is 1.38. The van der Waals surface area contributed by atoms with Gasteiger partial charge in [0.1, 0.15) is 5.56 Å². The molecule has 0 saturated carbocycles. The number of thiazole rings is 1. The Morgan fingerprint density at radius 3 is 3.00 bits per heavy atom. The molecule has 5 nitrogen and oxygen atoms in total. The fourth-order valence-corrected chi connectivity index (χ4v) is 4.57. The number of carbonyl (C=O) groups is 1. The average Bonchev–Trinajstić information content (AvgIpc) is 3.15. The first-order valence-corrected chi connectivity index (χ1v) is 9.54. The monoisotopic (exact) mass is 343 g/mol. The van der Waals surface area contributed by atoms with Crippen LogP contribution < -0.4 is 5.56 Å². The number of pyridine rings is 1. The highest BCUT2D eigenvalue weighted by Gasteiger charge is 2.28. The molecule has 1 aliphatic carbocycles. The highest BCUT2D eigenvalue weighted by Crippen LogP contribution is 2.29. The molecule has 0 aromatic carbocycles. The van der Waals surface area contributed by atoms with Crippen molar-refractivity contribution in [3.05, 3.63) is 49.8 Å². The molecule has 1 atom stereocenters. The summed E-state index contributed by atoms with van der Waals surface area (Å²) in [6, 6.07) is 1.84. The van der Waals surface area contributed by atoms with Gasteiger partial charge < -0.3 is 9.88 Å². The summed E-state index contributed by atoms with van der Waals surface area (Å²) in [6.07, 6.45) is 7.93.